The van der Waals surface area contributed by atoms with E-state index < -0.39 is 0 Å². The van der Waals surface area contributed by atoms with Gasteiger partial charge in [0.15, 0.2) is 0 Å². The topological polar surface area (TPSA) is 18.5 Å². The van der Waals surface area contributed by atoms with E-state index in [1.165, 1.54) is 31.2 Å². The molecule has 0 N–H and O–H groups in total. The highest BCUT2D eigenvalue weighted by Gasteiger charge is 2.13. The van der Waals surface area contributed by atoms with E-state index in [4.69, 9.17) is 21.1 Å². The minimum atomic E-state index is 0.751. The predicted molar refractivity (Wildman–Crippen MR) is 113 cm³/mol. The molecule has 26 heavy (non-hydrogen) atoms. The lowest BCUT2D eigenvalue weighted by Crippen LogP contribution is -2.03. The largest absolute Gasteiger partial charge is 0.493 e. The zero-order chi connectivity index (χ0) is 18.6. The van der Waals surface area contributed by atoms with Gasteiger partial charge in [-0.05, 0) is 37.3 Å². The molecule has 0 atom stereocenters. The molecule has 0 saturated heterocycles. The summed E-state index contributed by atoms with van der Waals surface area (Å²) in [7, 11) is 0. The molecule has 0 amide bonds. The van der Waals surface area contributed by atoms with Crippen molar-refractivity contribution in [1.82, 2.24) is 0 Å². The summed E-state index contributed by atoms with van der Waals surface area (Å²) in [5.74, 6) is 2.80. The molecule has 0 aliphatic heterocycles. The number of rotatable bonds is 13. The molecule has 3 heteroatoms. The quantitative estimate of drug-likeness (QED) is 0.273. The molecule has 0 heterocycles. The number of hydrogen-bond donors (Lipinski definition) is 0. The van der Waals surface area contributed by atoms with Crippen LogP contribution in [-0.2, 0) is 6.42 Å². The fourth-order valence-electron chi connectivity index (χ4n) is 3.21. The minimum Gasteiger partial charge on any atom is -0.493 e. The van der Waals surface area contributed by atoms with E-state index >= 15 is 0 Å². The number of alkyl halides is 1. The number of unbranched alkanes of at least 4 members (excludes halogenated alkanes) is 5. The van der Waals surface area contributed by atoms with Crippen molar-refractivity contribution in [1.29, 1.82) is 0 Å². The van der Waals surface area contributed by atoms with Crippen LogP contribution in [-0.4, -0.2) is 19.1 Å². The summed E-state index contributed by atoms with van der Waals surface area (Å²) in [5, 5.41) is 2.31. The first kappa shape index (κ1) is 20.9. The zero-order valence-corrected chi connectivity index (χ0v) is 17.1. The van der Waals surface area contributed by atoms with Crippen molar-refractivity contribution in [2.75, 3.05) is 19.1 Å². The van der Waals surface area contributed by atoms with Crippen LogP contribution in [0.25, 0.3) is 10.8 Å². The molecule has 0 aromatic heterocycles. The molecule has 0 radical (unpaired) electrons. The first-order valence-corrected chi connectivity index (χ1v) is 10.7. The molecule has 144 valence electrons. The molecular weight excluding hydrogens is 344 g/mol. The van der Waals surface area contributed by atoms with Crippen LogP contribution >= 0.6 is 11.6 Å². The average molecular weight is 377 g/mol. The lowest BCUT2D eigenvalue weighted by atomic mass is 10.0. The van der Waals surface area contributed by atoms with E-state index in [-0.39, 0.29) is 0 Å². The van der Waals surface area contributed by atoms with Gasteiger partial charge in [0, 0.05) is 16.7 Å². The molecule has 2 aromatic rings. The van der Waals surface area contributed by atoms with Crippen molar-refractivity contribution in [3.8, 4) is 11.5 Å². The normalized spacial score (nSPS) is 11.0. The highest BCUT2D eigenvalue weighted by molar-refractivity contribution is 6.17. The second kappa shape index (κ2) is 12.1. The van der Waals surface area contributed by atoms with Gasteiger partial charge < -0.3 is 9.47 Å². The van der Waals surface area contributed by atoms with Gasteiger partial charge in [-0.3, -0.25) is 0 Å². The van der Waals surface area contributed by atoms with Crippen LogP contribution in [0, 0.1) is 0 Å². The van der Waals surface area contributed by atoms with Gasteiger partial charge in [-0.15, -0.1) is 11.6 Å². The molecule has 2 rings (SSSR count). The van der Waals surface area contributed by atoms with Crippen LogP contribution < -0.4 is 9.47 Å². The molecule has 2 aromatic carbocycles. The Bertz CT molecular complexity index is 654. The number of aryl methyl sites for hydroxylation is 1. The van der Waals surface area contributed by atoms with Gasteiger partial charge in [0.2, 0.25) is 0 Å². The van der Waals surface area contributed by atoms with E-state index in [1.807, 2.05) is 0 Å². The Kier molecular flexibility index (Phi) is 9.70. The van der Waals surface area contributed by atoms with Crippen LogP contribution in [0.1, 0.15) is 64.4 Å². The third kappa shape index (κ3) is 6.09. The third-order valence-corrected chi connectivity index (χ3v) is 4.92. The van der Waals surface area contributed by atoms with E-state index in [1.54, 1.807) is 0 Å². The van der Waals surface area contributed by atoms with Gasteiger partial charge in [0.1, 0.15) is 11.5 Å². The van der Waals surface area contributed by atoms with Crippen LogP contribution in [0.3, 0.4) is 0 Å². The van der Waals surface area contributed by atoms with E-state index in [0.29, 0.717) is 0 Å². The van der Waals surface area contributed by atoms with Crippen molar-refractivity contribution in [2.24, 2.45) is 0 Å². The molecule has 0 aliphatic rings. The van der Waals surface area contributed by atoms with Crippen molar-refractivity contribution in [3.63, 3.8) is 0 Å². The monoisotopic (exact) mass is 376 g/mol. The molecule has 0 fully saturated rings. The molecule has 0 bridgehead atoms. The summed E-state index contributed by atoms with van der Waals surface area (Å²) in [5.41, 5.74) is 1.23. The van der Waals surface area contributed by atoms with Gasteiger partial charge >= 0.3 is 0 Å². The Labute approximate surface area is 163 Å². The third-order valence-electron chi connectivity index (χ3n) is 4.65. The van der Waals surface area contributed by atoms with Crippen molar-refractivity contribution in [2.45, 2.75) is 65.2 Å². The van der Waals surface area contributed by atoms with Gasteiger partial charge in [-0.25, -0.2) is 0 Å². The summed E-state index contributed by atoms with van der Waals surface area (Å²) >= 11 is 5.71. The lowest BCUT2D eigenvalue weighted by Gasteiger charge is -2.17. The SMILES string of the molecule is CCCOc1c(CC)cc(OCCCCCCCCCl)c2ccccc12. The minimum absolute atomic E-state index is 0.751. The molecular formula is C23H33ClO2. The highest BCUT2D eigenvalue weighted by Crippen LogP contribution is 2.37. The predicted octanol–water partition coefficient (Wildman–Crippen LogP) is 7.15. The Morgan fingerprint density at radius 1 is 0.808 bits per heavy atom. The lowest BCUT2D eigenvalue weighted by molar-refractivity contribution is 0.303. The maximum absolute atomic E-state index is 6.17. The van der Waals surface area contributed by atoms with Crippen molar-refractivity contribution < 1.29 is 9.47 Å². The summed E-state index contributed by atoms with van der Waals surface area (Å²) in [4.78, 5) is 0. The van der Waals surface area contributed by atoms with Gasteiger partial charge in [-0.1, -0.05) is 63.8 Å². The average Bonchev–Trinajstić information content (AvgIpc) is 2.68. The number of benzene rings is 2. The first-order valence-electron chi connectivity index (χ1n) is 10.2. The summed E-state index contributed by atoms with van der Waals surface area (Å²) in [6.07, 6.45) is 9.21. The summed E-state index contributed by atoms with van der Waals surface area (Å²) < 4.78 is 12.2. The second-order valence-electron chi connectivity index (χ2n) is 6.77. The second-order valence-corrected chi connectivity index (χ2v) is 7.15. The molecule has 0 unspecified atom stereocenters. The van der Waals surface area contributed by atoms with Crippen molar-refractivity contribution >= 4 is 22.4 Å². The Morgan fingerprint density at radius 2 is 1.50 bits per heavy atom. The number of fused-ring (bicyclic) bond motifs is 1. The molecule has 0 aliphatic carbocycles. The molecule has 0 spiro atoms. The maximum Gasteiger partial charge on any atom is 0.130 e. The van der Waals surface area contributed by atoms with E-state index in [0.717, 1.165) is 67.0 Å². The van der Waals surface area contributed by atoms with Crippen LogP contribution in [0.15, 0.2) is 30.3 Å². The number of ether oxygens (including phenoxy) is 2. The van der Waals surface area contributed by atoms with E-state index in [2.05, 4.69) is 44.2 Å². The Hall–Kier alpha value is -1.41. The Morgan fingerprint density at radius 3 is 2.19 bits per heavy atom. The highest BCUT2D eigenvalue weighted by atomic mass is 35.5. The maximum atomic E-state index is 6.17. The van der Waals surface area contributed by atoms with E-state index in [9.17, 15) is 0 Å². The fraction of sp³-hybridized carbons (Fsp3) is 0.565. The Balaban J connectivity index is 2.01. The van der Waals surface area contributed by atoms with Crippen LogP contribution in [0.4, 0.5) is 0 Å². The molecule has 2 nitrogen and oxygen atoms in total. The standard InChI is InChI=1S/C23H33ClO2/c1-3-16-26-23-19(4-2)18-22(20-13-9-10-14-21(20)23)25-17-12-8-6-5-7-11-15-24/h9-10,13-14,18H,3-8,11-12,15-17H2,1-2H3. The van der Waals surface area contributed by atoms with Gasteiger partial charge in [0.25, 0.3) is 0 Å². The zero-order valence-electron chi connectivity index (χ0n) is 16.4. The number of halogens is 1. The fourth-order valence-corrected chi connectivity index (χ4v) is 3.40. The first-order chi connectivity index (χ1) is 12.8. The smallest absolute Gasteiger partial charge is 0.130 e. The van der Waals surface area contributed by atoms with Gasteiger partial charge in [0.05, 0.1) is 13.2 Å². The van der Waals surface area contributed by atoms with Crippen LogP contribution in [0.5, 0.6) is 11.5 Å². The number of hydrogen-bond acceptors (Lipinski definition) is 2. The summed E-state index contributed by atoms with van der Waals surface area (Å²) in [6.45, 7) is 5.84. The van der Waals surface area contributed by atoms with Gasteiger partial charge in [-0.2, -0.15) is 0 Å². The van der Waals surface area contributed by atoms with Crippen LogP contribution in [0.2, 0.25) is 0 Å². The van der Waals surface area contributed by atoms with Crippen molar-refractivity contribution in [3.05, 3.63) is 35.9 Å². The summed E-state index contributed by atoms with van der Waals surface area (Å²) in [6, 6.07) is 10.6. The molecule has 0 saturated carbocycles.